The maximum absolute atomic E-state index is 12.1. The van der Waals surface area contributed by atoms with Crippen LogP contribution in [0.15, 0.2) is 54.6 Å². The second-order valence-corrected chi connectivity index (χ2v) is 5.81. The molecule has 3 rings (SSSR count). The van der Waals surface area contributed by atoms with Gasteiger partial charge in [0.1, 0.15) is 12.4 Å². The highest BCUT2D eigenvalue weighted by Crippen LogP contribution is 2.28. The molecular formula is C18H18ClNO2. The third-order valence-corrected chi connectivity index (χ3v) is 4.24. The van der Waals surface area contributed by atoms with Crippen molar-refractivity contribution in [2.45, 2.75) is 13.0 Å². The number of hydrogen-bond acceptors (Lipinski definition) is 2. The Bertz CT molecular complexity index is 645. The fourth-order valence-corrected chi connectivity index (χ4v) is 2.82. The lowest BCUT2D eigenvalue weighted by molar-refractivity contribution is -0.117. The Balaban J connectivity index is 1.69. The van der Waals surface area contributed by atoms with Crippen LogP contribution < -0.4 is 9.64 Å². The van der Waals surface area contributed by atoms with Gasteiger partial charge in [0.05, 0.1) is 0 Å². The molecule has 4 heteroatoms. The number of anilines is 1. The van der Waals surface area contributed by atoms with Crippen molar-refractivity contribution in [3.8, 4) is 5.75 Å². The van der Waals surface area contributed by atoms with E-state index < -0.39 is 0 Å². The number of rotatable bonds is 5. The summed E-state index contributed by atoms with van der Waals surface area (Å²) in [5, 5.41) is 0. The van der Waals surface area contributed by atoms with Crippen LogP contribution in [0.3, 0.4) is 0 Å². The van der Waals surface area contributed by atoms with Gasteiger partial charge in [-0.2, -0.15) is 0 Å². The van der Waals surface area contributed by atoms with Gasteiger partial charge in [-0.25, -0.2) is 0 Å². The molecule has 22 heavy (non-hydrogen) atoms. The Kier molecular flexibility index (Phi) is 4.64. The molecule has 3 nitrogen and oxygen atoms in total. The van der Waals surface area contributed by atoms with Gasteiger partial charge in [0.15, 0.2) is 0 Å². The molecule has 1 heterocycles. The number of carbonyl (C=O) groups is 1. The molecule has 0 radical (unpaired) electrons. The number of ether oxygens (including phenoxy) is 1. The van der Waals surface area contributed by atoms with Crippen molar-refractivity contribution in [1.29, 1.82) is 0 Å². The first-order chi connectivity index (χ1) is 10.8. The molecule has 0 saturated carbocycles. The molecule has 2 aromatic rings. The number of hydrogen-bond donors (Lipinski definition) is 0. The van der Waals surface area contributed by atoms with Gasteiger partial charge in [-0.05, 0) is 23.6 Å². The van der Waals surface area contributed by atoms with Crippen molar-refractivity contribution in [2.24, 2.45) is 5.92 Å². The van der Waals surface area contributed by atoms with E-state index in [2.05, 4.69) is 0 Å². The molecule has 1 aliphatic heterocycles. The number of carbonyl (C=O) groups excluding carboxylic acids is 1. The molecule has 0 aliphatic carbocycles. The summed E-state index contributed by atoms with van der Waals surface area (Å²) in [6.07, 6.45) is 0.526. The third kappa shape index (κ3) is 3.42. The van der Waals surface area contributed by atoms with Gasteiger partial charge in [-0.15, -0.1) is 11.6 Å². The zero-order chi connectivity index (χ0) is 15.4. The molecule has 1 unspecified atom stereocenters. The van der Waals surface area contributed by atoms with Crippen LogP contribution in [0.4, 0.5) is 5.69 Å². The van der Waals surface area contributed by atoms with Crippen molar-refractivity contribution in [3.05, 3.63) is 60.2 Å². The lowest BCUT2D eigenvalue weighted by atomic mass is 10.1. The van der Waals surface area contributed by atoms with Crippen LogP contribution in [0, 0.1) is 5.92 Å². The molecule has 114 valence electrons. The molecule has 1 amide bonds. The molecule has 1 atom stereocenters. The van der Waals surface area contributed by atoms with Crippen molar-refractivity contribution < 1.29 is 9.53 Å². The van der Waals surface area contributed by atoms with Gasteiger partial charge < -0.3 is 9.64 Å². The topological polar surface area (TPSA) is 29.5 Å². The summed E-state index contributed by atoms with van der Waals surface area (Å²) in [5.41, 5.74) is 2.00. The van der Waals surface area contributed by atoms with Crippen molar-refractivity contribution in [1.82, 2.24) is 0 Å². The number of nitrogens with zero attached hydrogens (tertiary/aromatic N) is 1. The van der Waals surface area contributed by atoms with E-state index in [4.69, 9.17) is 16.3 Å². The molecule has 0 aromatic heterocycles. The number of halogens is 1. The normalized spacial score (nSPS) is 17.8. The molecular weight excluding hydrogens is 298 g/mol. The zero-order valence-electron chi connectivity index (χ0n) is 12.2. The van der Waals surface area contributed by atoms with Gasteiger partial charge in [0, 0.05) is 30.6 Å². The fourth-order valence-electron chi connectivity index (χ4n) is 2.62. The Morgan fingerprint density at radius 2 is 1.95 bits per heavy atom. The highest BCUT2D eigenvalue weighted by Gasteiger charge is 2.29. The Hall–Kier alpha value is -2.00. The number of benzene rings is 2. The Morgan fingerprint density at radius 1 is 1.14 bits per heavy atom. The van der Waals surface area contributed by atoms with E-state index in [9.17, 15) is 4.79 Å². The second kappa shape index (κ2) is 6.84. The monoisotopic (exact) mass is 315 g/mol. The largest absolute Gasteiger partial charge is 0.489 e. The van der Waals surface area contributed by atoms with Crippen LogP contribution in [0.1, 0.15) is 12.0 Å². The van der Waals surface area contributed by atoms with Crippen LogP contribution >= 0.6 is 11.6 Å². The zero-order valence-corrected chi connectivity index (χ0v) is 13.0. The standard InChI is InChI=1S/C18H18ClNO2/c19-11-15-9-18(21)20(12-15)16-7-4-8-17(10-16)22-13-14-5-2-1-3-6-14/h1-8,10,15H,9,11-13H2. The fraction of sp³-hybridized carbons (Fsp3) is 0.278. The Labute approximate surface area is 135 Å². The SMILES string of the molecule is O=C1CC(CCl)CN1c1cccc(OCc2ccccc2)c1. The highest BCUT2D eigenvalue weighted by molar-refractivity contribution is 6.18. The summed E-state index contributed by atoms with van der Waals surface area (Å²) in [4.78, 5) is 13.9. The van der Waals surface area contributed by atoms with Gasteiger partial charge >= 0.3 is 0 Å². The Morgan fingerprint density at radius 3 is 2.68 bits per heavy atom. The van der Waals surface area contributed by atoms with Crippen molar-refractivity contribution >= 4 is 23.2 Å². The van der Waals surface area contributed by atoms with E-state index in [0.29, 0.717) is 25.5 Å². The predicted octanol–water partition coefficient (Wildman–Crippen LogP) is 3.86. The summed E-state index contributed by atoms with van der Waals surface area (Å²) >= 11 is 5.87. The van der Waals surface area contributed by atoms with Crippen molar-refractivity contribution in [2.75, 3.05) is 17.3 Å². The van der Waals surface area contributed by atoms with Crippen LogP contribution in [0.2, 0.25) is 0 Å². The molecule has 1 fully saturated rings. The van der Waals surface area contributed by atoms with E-state index in [1.54, 1.807) is 4.90 Å². The molecule has 2 aromatic carbocycles. The van der Waals surface area contributed by atoms with Crippen LogP contribution in [0.25, 0.3) is 0 Å². The van der Waals surface area contributed by atoms with E-state index in [0.717, 1.165) is 17.0 Å². The van der Waals surface area contributed by atoms with Gasteiger partial charge in [-0.1, -0.05) is 36.4 Å². The molecule has 1 saturated heterocycles. The van der Waals surface area contributed by atoms with Gasteiger partial charge in [0.2, 0.25) is 5.91 Å². The summed E-state index contributed by atoms with van der Waals surface area (Å²) in [6.45, 7) is 1.20. The quantitative estimate of drug-likeness (QED) is 0.784. The minimum Gasteiger partial charge on any atom is -0.489 e. The van der Waals surface area contributed by atoms with Crippen LogP contribution in [-0.2, 0) is 11.4 Å². The van der Waals surface area contributed by atoms with Gasteiger partial charge in [-0.3, -0.25) is 4.79 Å². The van der Waals surface area contributed by atoms with Crippen LogP contribution in [-0.4, -0.2) is 18.3 Å². The van der Waals surface area contributed by atoms with E-state index in [1.807, 2.05) is 54.6 Å². The smallest absolute Gasteiger partial charge is 0.227 e. The molecule has 0 bridgehead atoms. The third-order valence-electron chi connectivity index (χ3n) is 3.80. The molecule has 0 spiro atoms. The molecule has 1 aliphatic rings. The summed E-state index contributed by atoms with van der Waals surface area (Å²) in [7, 11) is 0. The summed E-state index contributed by atoms with van der Waals surface area (Å²) < 4.78 is 5.82. The maximum Gasteiger partial charge on any atom is 0.227 e. The maximum atomic E-state index is 12.1. The first kappa shape index (κ1) is 14.9. The van der Waals surface area contributed by atoms with Crippen molar-refractivity contribution in [3.63, 3.8) is 0 Å². The lowest BCUT2D eigenvalue weighted by Gasteiger charge is -2.17. The second-order valence-electron chi connectivity index (χ2n) is 5.50. The average Bonchev–Trinajstić information content (AvgIpc) is 2.95. The van der Waals surface area contributed by atoms with E-state index in [1.165, 1.54) is 0 Å². The average molecular weight is 316 g/mol. The first-order valence-electron chi connectivity index (χ1n) is 7.39. The highest BCUT2D eigenvalue weighted by atomic mass is 35.5. The summed E-state index contributed by atoms with van der Waals surface area (Å²) in [5.74, 6) is 1.66. The van der Waals surface area contributed by atoms with Crippen LogP contribution in [0.5, 0.6) is 5.75 Å². The van der Waals surface area contributed by atoms with Gasteiger partial charge in [0.25, 0.3) is 0 Å². The predicted molar refractivity (Wildman–Crippen MR) is 88.4 cm³/mol. The minimum absolute atomic E-state index is 0.130. The molecule has 0 N–H and O–H groups in total. The number of amides is 1. The van der Waals surface area contributed by atoms with E-state index in [-0.39, 0.29) is 11.8 Å². The minimum atomic E-state index is 0.130. The number of alkyl halides is 1. The summed E-state index contributed by atoms with van der Waals surface area (Å²) in [6, 6.07) is 17.7. The first-order valence-corrected chi connectivity index (χ1v) is 7.93. The van der Waals surface area contributed by atoms with E-state index >= 15 is 0 Å². The lowest BCUT2D eigenvalue weighted by Crippen LogP contribution is -2.24.